The predicted molar refractivity (Wildman–Crippen MR) is 70.6 cm³/mol. The number of rotatable bonds is 4. The number of hydrogen-bond acceptors (Lipinski definition) is 2. The van der Waals surface area contributed by atoms with E-state index >= 15 is 0 Å². The second kappa shape index (κ2) is 6.00. The molecule has 2 rings (SSSR count). The van der Waals surface area contributed by atoms with E-state index in [1.807, 2.05) is 30.3 Å². The van der Waals surface area contributed by atoms with Crippen LogP contribution in [0.1, 0.15) is 15.9 Å². The molecule has 2 aromatic rings. The normalized spacial score (nSPS) is 10.0. The summed E-state index contributed by atoms with van der Waals surface area (Å²) >= 11 is 0. The van der Waals surface area contributed by atoms with Crippen LogP contribution in [0.5, 0.6) is 5.75 Å². The van der Waals surface area contributed by atoms with Crippen LogP contribution in [0.4, 0.5) is 4.39 Å². The molecule has 19 heavy (non-hydrogen) atoms. The molecule has 0 saturated carbocycles. The van der Waals surface area contributed by atoms with Gasteiger partial charge in [-0.25, -0.2) is 4.39 Å². The minimum Gasteiger partial charge on any atom is -0.489 e. The van der Waals surface area contributed by atoms with E-state index in [1.54, 1.807) is 0 Å². The average Bonchev–Trinajstić information content (AvgIpc) is 2.46. The standard InChI is InChI=1S/C15H14FNO2/c1-17-15(18)13-9-12(7-8-14(13)16)19-10-11-5-3-2-4-6-11/h2-9H,10H2,1H3,(H,17,18). The molecule has 0 fully saturated rings. The zero-order valence-corrected chi connectivity index (χ0v) is 10.5. The molecule has 1 N–H and O–H groups in total. The minimum absolute atomic E-state index is 0.0203. The van der Waals surface area contributed by atoms with Gasteiger partial charge in [0.15, 0.2) is 0 Å². The molecule has 0 spiro atoms. The molecule has 98 valence electrons. The lowest BCUT2D eigenvalue weighted by Gasteiger charge is -2.08. The molecule has 0 heterocycles. The first-order valence-corrected chi connectivity index (χ1v) is 5.89. The molecule has 0 atom stereocenters. The van der Waals surface area contributed by atoms with Crippen LogP contribution in [-0.2, 0) is 6.61 Å². The first-order valence-electron chi connectivity index (χ1n) is 5.89. The maximum atomic E-state index is 13.5. The Bertz CT molecular complexity index is 570. The van der Waals surface area contributed by atoms with Gasteiger partial charge in [0.2, 0.25) is 0 Å². The smallest absolute Gasteiger partial charge is 0.254 e. The van der Waals surface area contributed by atoms with Crippen LogP contribution in [0.25, 0.3) is 0 Å². The maximum absolute atomic E-state index is 13.5. The van der Waals surface area contributed by atoms with Crippen molar-refractivity contribution in [3.63, 3.8) is 0 Å². The van der Waals surface area contributed by atoms with Crippen molar-refractivity contribution in [2.45, 2.75) is 6.61 Å². The Balaban J connectivity index is 2.11. The van der Waals surface area contributed by atoms with Gasteiger partial charge in [-0.3, -0.25) is 4.79 Å². The average molecular weight is 259 g/mol. The molecule has 0 aliphatic carbocycles. The first-order chi connectivity index (χ1) is 9.20. The fourth-order valence-electron chi connectivity index (χ4n) is 1.64. The summed E-state index contributed by atoms with van der Waals surface area (Å²) in [6.45, 7) is 0.375. The summed E-state index contributed by atoms with van der Waals surface area (Å²) in [6, 6.07) is 13.8. The zero-order valence-electron chi connectivity index (χ0n) is 10.5. The van der Waals surface area contributed by atoms with Gasteiger partial charge in [-0.2, -0.15) is 0 Å². The third-order valence-electron chi connectivity index (χ3n) is 2.66. The number of amides is 1. The molecule has 4 heteroatoms. The van der Waals surface area contributed by atoms with Crippen LogP contribution in [0.15, 0.2) is 48.5 Å². The van der Waals surface area contributed by atoms with Crippen molar-refractivity contribution in [3.05, 3.63) is 65.5 Å². The summed E-state index contributed by atoms with van der Waals surface area (Å²) in [5, 5.41) is 2.39. The van der Waals surface area contributed by atoms with Crippen molar-refractivity contribution in [1.82, 2.24) is 5.32 Å². The largest absolute Gasteiger partial charge is 0.489 e. The van der Waals surface area contributed by atoms with Crippen molar-refractivity contribution < 1.29 is 13.9 Å². The second-order valence-electron chi connectivity index (χ2n) is 4.00. The number of carbonyl (C=O) groups is 1. The Morgan fingerprint density at radius 1 is 1.21 bits per heavy atom. The lowest BCUT2D eigenvalue weighted by atomic mass is 10.2. The van der Waals surface area contributed by atoms with Crippen LogP contribution in [-0.4, -0.2) is 13.0 Å². The lowest BCUT2D eigenvalue weighted by molar-refractivity contribution is 0.0958. The highest BCUT2D eigenvalue weighted by molar-refractivity contribution is 5.94. The number of halogens is 1. The summed E-state index contributed by atoms with van der Waals surface area (Å²) in [5.41, 5.74) is 0.987. The highest BCUT2D eigenvalue weighted by Gasteiger charge is 2.11. The zero-order chi connectivity index (χ0) is 13.7. The second-order valence-corrected chi connectivity index (χ2v) is 4.00. The number of ether oxygens (including phenoxy) is 1. The predicted octanol–water partition coefficient (Wildman–Crippen LogP) is 2.76. The molecule has 0 bridgehead atoms. The quantitative estimate of drug-likeness (QED) is 0.916. The van der Waals surface area contributed by atoms with Crippen LogP contribution in [0, 0.1) is 5.82 Å². The third-order valence-corrected chi connectivity index (χ3v) is 2.66. The van der Waals surface area contributed by atoms with E-state index in [0.29, 0.717) is 12.4 Å². The van der Waals surface area contributed by atoms with Crippen molar-refractivity contribution in [3.8, 4) is 5.75 Å². The molecule has 3 nitrogen and oxygen atoms in total. The van der Waals surface area contributed by atoms with E-state index in [1.165, 1.54) is 25.2 Å². The molecule has 0 radical (unpaired) electrons. The van der Waals surface area contributed by atoms with Crippen molar-refractivity contribution in [2.24, 2.45) is 0 Å². The highest BCUT2D eigenvalue weighted by Crippen LogP contribution is 2.18. The SMILES string of the molecule is CNC(=O)c1cc(OCc2ccccc2)ccc1F. The lowest BCUT2D eigenvalue weighted by Crippen LogP contribution is -2.19. The molecule has 0 aliphatic rings. The number of carbonyl (C=O) groups excluding carboxylic acids is 1. The van der Waals surface area contributed by atoms with Crippen LogP contribution < -0.4 is 10.1 Å². The van der Waals surface area contributed by atoms with E-state index in [9.17, 15) is 9.18 Å². The molecule has 0 aliphatic heterocycles. The van der Waals surface area contributed by atoms with Crippen LogP contribution >= 0.6 is 0 Å². The fourth-order valence-corrected chi connectivity index (χ4v) is 1.64. The van der Waals surface area contributed by atoms with E-state index in [-0.39, 0.29) is 5.56 Å². The van der Waals surface area contributed by atoms with Gasteiger partial charge in [0.05, 0.1) is 5.56 Å². The van der Waals surface area contributed by atoms with E-state index in [0.717, 1.165) is 5.56 Å². The van der Waals surface area contributed by atoms with Crippen molar-refractivity contribution >= 4 is 5.91 Å². The number of nitrogens with one attached hydrogen (secondary N) is 1. The summed E-state index contributed by atoms with van der Waals surface area (Å²) < 4.78 is 19.0. The summed E-state index contributed by atoms with van der Waals surface area (Å²) in [4.78, 5) is 11.5. The van der Waals surface area contributed by atoms with Gasteiger partial charge >= 0.3 is 0 Å². The minimum atomic E-state index is -0.564. The van der Waals surface area contributed by atoms with Gasteiger partial charge in [0.1, 0.15) is 18.2 Å². The Hall–Kier alpha value is -2.36. The van der Waals surface area contributed by atoms with Gasteiger partial charge in [-0.15, -0.1) is 0 Å². The van der Waals surface area contributed by atoms with Crippen molar-refractivity contribution in [2.75, 3.05) is 7.05 Å². The summed E-state index contributed by atoms with van der Waals surface area (Å²) in [7, 11) is 1.46. The van der Waals surface area contributed by atoms with Gasteiger partial charge in [0.25, 0.3) is 5.91 Å². The Labute approximate surface area is 111 Å². The van der Waals surface area contributed by atoms with Crippen LogP contribution in [0.3, 0.4) is 0 Å². The molecule has 2 aromatic carbocycles. The van der Waals surface area contributed by atoms with E-state index < -0.39 is 11.7 Å². The monoisotopic (exact) mass is 259 g/mol. The van der Waals surface area contributed by atoms with E-state index in [4.69, 9.17) is 4.74 Å². The molecule has 1 amide bonds. The summed E-state index contributed by atoms with van der Waals surface area (Å²) in [5.74, 6) is -0.571. The number of benzene rings is 2. The molecule has 0 unspecified atom stereocenters. The van der Waals surface area contributed by atoms with Gasteiger partial charge in [-0.05, 0) is 23.8 Å². The Kier molecular flexibility index (Phi) is 4.13. The summed E-state index contributed by atoms with van der Waals surface area (Å²) in [6.07, 6.45) is 0. The Morgan fingerprint density at radius 2 is 1.95 bits per heavy atom. The topological polar surface area (TPSA) is 38.3 Å². The fraction of sp³-hybridized carbons (Fsp3) is 0.133. The van der Waals surface area contributed by atoms with Gasteiger partial charge < -0.3 is 10.1 Å². The maximum Gasteiger partial charge on any atom is 0.254 e. The van der Waals surface area contributed by atoms with Crippen LogP contribution in [0.2, 0.25) is 0 Å². The first kappa shape index (κ1) is 13.1. The van der Waals surface area contributed by atoms with Crippen molar-refractivity contribution in [1.29, 1.82) is 0 Å². The Morgan fingerprint density at radius 3 is 2.63 bits per heavy atom. The molecular weight excluding hydrogens is 245 g/mol. The number of hydrogen-bond donors (Lipinski definition) is 1. The molecular formula is C15H14FNO2. The van der Waals surface area contributed by atoms with Gasteiger partial charge in [-0.1, -0.05) is 30.3 Å². The highest BCUT2D eigenvalue weighted by atomic mass is 19.1. The van der Waals surface area contributed by atoms with Gasteiger partial charge in [0, 0.05) is 7.05 Å². The third kappa shape index (κ3) is 3.31. The molecule has 0 aromatic heterocycles. The van der Waals surface area contributed by atoms with E-state index in [2.05, 4.69) is 5.32 Å². The molecule has 0 saturated heterocycles.